The van der Waals surface area contributed by atoms with Crippen LogP contribution in [0.1, 0.15) is 11.1 Å². The van der Waals surface area contributed by atoms with Crippen LogP contribution in [0.4, 0.5) is 13.2 Å². The monoisotopic (exact) mass is 304 g/mol. The van der Waals surface area contributed by atoms with Crippen LogP contribution in [0.2, 0.25) is 0 Å². The van der Waals surface area contributed by atoms with Crippen molar-refractivity contribution in [1.29, 1.82) is 0 Å². The van der Waals surface area contributed by atoms with E-state index in [1.165, 1.54) is 24.4 Å². The number of fused-ring (bicyclic) bond motifs is 1. The largest absolute Gasteiger partial charge is 0.416 e. The van der Waals surface area contributed by atoms with Crippen LogP contribution >= 0.6 is 0 Å². The summed E-state index contributed by atoms with van der Waals surface area (Å²) in [5.41, 5.74) is 0.955. The second-order valence-corrected chi connectivity index (χ2v) is 5.00. The van der Waals surface area contributed by atoms with Gasteiger partial charge in [-0.3, -0.25) is 9.78 Å². The van der Waals surface area contributed by atoms with Crippen LogP contribution in [-0.2, 0) is 6.18 Å². The quantitative estimate of drug-likeness (QED) is 0.740. The first-order valence-corrected chi connectivity index (χ1v) is 6.51. The van der Waals surface area contributed by atoms with E-state index in [1.807, 2.05) is 0 Å². The third-order valence-electron chi connectivity index (χ3n) is 3.44. The van der Waals surface area contributed by atoms with Gasteiger partial charge in [0.1, 0.15) is 0 Å². The van der Waals surface area contributed by atoms with Crippen molar-refractivity contribution in [2.75, 3.05) is 0 Å². The summed E-state index contributed by atoms with van der Waals surface area (Å²) >= 11 is 0. The molecule has 0 radical (unpaired) electrons. The van der Waals surface area contributed by atoms with Crippen molar-refractivity contribution in [1.82, 2.24) is 9.97 Å². The van der Waals surface area contributed by atoms with Crippen LogP contribution in [0.3, 0.4) is 0 Å². The summed E-state index contributed by atoms with van der Waals surface area (Å²) < 4.78 is 38.4. The lowest BCUT2D eigenvalue weighted by Crippen LogP contribution is -2.06. The average Bonchev–Trinajstić information content (AvgIpc) is 2.47. The Kier molecular flexibility index (Phi) is 3.24. The summed E-state index contributed by atoms with van der Waals surface area (Å²) in [7, 11) is 0. The number of hydrogen-bond acceptors (Lipinski definition) is 2. The predicted molar refractivity (Wildman–Crippen MR) is 77.5 cm³/mol. The maximum Gasteiger partial charge on any atom is 0.416 e. The van der Waals surface area contributed by atoms with Crippen molar-refractivity contribution >= 4 is 10.9 Å². The molecule has 22 heavy (non-hydrogen) atoms. The summed E-state index contributed by atoms with van der Waals surface area (Å²) in [6.45, 7) is 1.78. The summed E-state index contributed by atoms with van der Waals surface area (Å²) in [4.78, 5) is 19.1. The van der Waals surface area contributed by atoms with Crippen LogP contribution in [0.25, 0.3) is 22.2 Å². The van der Waals surface area contributed by atoms with E-state index in [1.54, 1.807) is 13.1 Å². The fourth-order valence-electron chi connectivity index (χ4n) is 2.32. The van der Waals surface area contributed by atoms with E-state index in [0.717, 1.165) is 17.7 Å². The number of hydrogen-bond donors (Lipinski definition) is 1. The molecule has 3 nitrogen and oxygen atoms in total. The normalized spacial score (nSPS) is 11.8. The van der Waals surface area contributed by atoms with E-state index >= 15 is 0 Å². The van der Waals surface area contributed by atoms with Crippen molar-refractivity contribution in [3.63, 3.8) is 0 Å². The minimum Gasteiger partial charge on any atom is -0.354 e. The predicted octanol–water partition coefficient (Wildman–Crippen LogP) is 3.92. The van der Waals surface area contributed by atoms with Crippen molar-refractivity contribution in [2.45, 2.75) is 13.1 Å². The Morgan fingerprint density at radius 1 is 1.14 bits per heavy atom. The number of nitrogens with zero attached hydrogens (tertiary/aromatic N) is 1. The summed E-state index contributed by atoms with van der Waals surface area (Å²) in [5, 5.41) is 0.413. The highest BCUT2D eigenvalue weighted by Gasteiger charge is 2.30. The minimum absolute atomic E-state index is 0.280. The molecule has 1 N–H and O–H groups in total. The number of pyridine rings is 2. The first kappa shape index (κ1) is 14.3. The Balaban J connectivity index is 2.23. The second kappa shape index (κ2) is 4.98. The van der Waals surface area contributed by atoms with Gasteiger partial charge in [-0.1, -0.05) is 12.1 Å². The van der Waals surface area contributed by atoms with Gasteiger partial charge in [0, 0.05) is 24.2 Å². The maximum atomic E-state index is 12.8. The van der Waals surface area contributed by atoms with Crippen molar-refractivity contribution < 1.29 is 13.2 Å². The molecular formula is C16H11F3N2O. The molecule has 0 aliphatic carbocycles. The molecule has 0 unspecified atom stereocenters. The number of benzene rings is 1. The fraction of sp³-hybridized carbons (Fsp3) is 0.125. The van der Waals surface area contributed by atoms with Gasteiger partial charge in [0.2, 0.25) is 0 Å². The first-order chi connectivity index (χ1) is 10.4. The number of aryl methyl sites for hydroxylation is 1. The van der Waals surface area contributed by atoms with E-state index in [4.69, 9.17) is 0 Å². The van der Waals surface area contributed by atoms with Gasteiger partial charge in [-0.2, -0.15) is 13.2 Å². The zero-order valence-electron chi connectivity index (χ0n) is 11.5. The van der Waals surface area contributed by atoms with Crippen molar-refractivity contribution in [2.24, 2.45) is 0 Å². The van der Waals surface area contributed by atoms with Crippen LogP contribution < -0.4 is 5.43 Å². The maximum absolute atomic E-state index is 12.8. The molecule has 2 aromatic heterocycles. The number of halogens is 3. The van der Waals surface area contributed by atoms with Gasteiger partial charge in [0.25, 0.3) is 0 Å². The second-order valence-electron chi connectivity index (χ2n) is 5.00. The SMILES string of the molecule is Cc1cncc2c(=O)cc(-c3cccc(C(F)(F)F)c3)[nH]c12. The van der Waals surface area contributed by atoms with E-state index < -0.39 is 11.7 Å². The first-order valence-electron chi connectivity index (χ1n) is 6.51. The smallest absolute Gasteiger partial charge is 0.354 e. The number of aromatic amines is 1. The van der Waals surface area contributed by atoms with Gasteiger partial charge < -0.3 is 4.98 Å². The summed E-state index contributed by atoms with van der Waals surface area (Å²) in [6.07, 6.45) is -1.39. The van der Waals surface area contributed by atoms with E-state index in [0.29, 0.717) is 22.2 Å². The van der Waals surface area contributed by atoms with Crippen LogP contribution in [0.5, 0.6) is 0 Å². The van der Waals surface area contributed by atoms with Crippen molar-refractivity contribution in [3.8, 4) is 11.3 Å². The highest BCUT2D eigenvalue weighted by molar-refractivity contribution is 5.83. The van der Waals surface area contributed by atoms with Crippen LogP contribution in [0, 0.1) is 6.92 Å². The highest BCUT2D eigenvalue weighted by Crippen LogP contribution is 2.31. The minimum atomic E-state index is -4.42. The Hall–Kier alpha value is -2.63. The molecule has 2 heterocycles. The number of nitrogens with one attached hydrogen (secondary N) is 1. The third-order valence-corrected chi connectivity index (χ3v) is 3.44. The lowest BCUT2D eigenvalue weighted by Gasteiger charge is -2.10. The van der Waals surface area contributed by atoms with E-state index in [9.17, 15) is 18.0 Å². The number of aromatic nitrogens is 2. The molecule has 1 aromatic carbocycles. The van der Waals surface area contributed by atoms with Gasteiger partial charge in [-0.15, -0.1) is 0 Å². The standard InChI is InChI=1S/C16H11F3N2O/c1-9-7-20-8-12-14(22)6-13(21-15(9)12)10-3-2-4-11(5-10)16(17,18)19/h2-8H,1H3,(H,21,22). The van der Waals surface area contributed by atoms with E-state index in [2.05, 4.69) is 9.97 Å². The molecular weight excluding hydrogens is 293 g/mol. The lowest BCUT2D eigenvalue weighted by atomic mass is 10.1. The van der Waals surface area contributed by atoms with Crippen LogP contribution in [0.15, 0.2) is 47.5 Å². The Labute approximate surface area is 123 Å². The average molecular weight is 304 g/mol. The zero-order chi connectivity index (χ0) is 15.9. The number of H-pyrrole nitrogens is 1. The van der Waals surface area contributed by atoms with Gasteiger partial charge in [-0.05, 0) is 30.2 Å². The molecule has 0 saturated carbocycles. The molecule has 0 spiro atoms. The van der Waals surface area contributed by atoms with Gasteiger partial charge >= 0.3 is 6.18 Å². The molecule has 3 rings (SSSR count). The summed E-state index contributed by atoms with van der Waals surface area (Å²) in [5.74, 6) is 0. The van der Waals surface area contributed by atoms with Gasteiger partial charge in [0.05, 0.1) is 16.5 Å². The fourth-order valence-corrected chi connectivity index (χ4v) is 2.32. The Bertz CT molecular complexity index is 913. The Morgan fingerprint density at radius 3 is 2.64 bits per heavy atom. The molecule has 6 heteroatoms. The molecule has 0 amide bonds. The molecule has 0 atom stereocenters. The van der Waals surface area contributed by atoms with Gasteiger partial charge in [-0.25, -0.2) is 0 Å². The molecule has 0 aliphatic rings. The van der Waals surface area contributed by atoms with Crippen LogP contribution in [-0.4, -0.2) is 9.97 Å². The highest BCUT2D eigenvalue weighted by atomic mass is 19.4. The molecule has 0 bridgehead atoms. The molecule has 0 saturated heterocycles. The zero-order valence-corrected chi connectivity index (χ0v) is 11.5. The lowest BCUT2D eigenvalue weighted by molar-refractivity contribution is -0.137. The molecule has 112 valence electrons. The summed E-state index contributed by atoms with van der Waals surface area (Å²) in [6, 6.07) is 6.16. The molecule has 0 aliphatic heterocycles. The van der Waals surface area contributed by atoms with Crippen molar-refractivity contribution in [3.05, 3.63) is 64.1 Å². The third kappa shape index (κ3) is 2.47. The topological polar surface area (TPSA) is 45.8 Å². The van der Waals surface area contributed by atoms with E-state index in [-0.39, 0.29) is 5.43 Å². The molecule has 3 aromatic rings. The Morgan fingerprint density at radius 2 is 1.91 bits per heavy atom. The van der Waals surface area contributed by atoms with Gasteiger partial charge in [0.15, 0.2) is 5.43 Å². The number of rotatable bonds is 1. The molecule has 0 fully saturated rings. The number of alkyl halides is 3.